The van der Waals surface area contributed by atoms with Crippen LogP contribution in [0.25, 0.3) is 5.65 Å². The molecule has 2 heterocycles. The lowest BCUT2D eigenvalue weighted by Gasteiger charge is -2.10. The second-order valence-electron chi connectivity index (χ2n) is 5.18. The highest BCUT2D eigenvalue weighted by Crippen LogP contribution is 2.33. The van der Waals surface area contributed by atoms with Crippen molar-refractivity contribution < 1.29 is 0 Å². The predicted octanol–water partition coefficient (Wildman–Crippen LogP) is 2.76. The number of fused-ring (bicyclic) bond motifs is 1. The van der Waals surface area contributed by atoms with E-state index in [-0.39, 0.29) is 0 Å². The number of aromatic nitrogens is 3. The fourth-order valence-corrected chi connectivity index (χ4v) is 2.32. The van der Waals surface area contributed by atoms with Gasteiger partial charge in [0.2, 0.25) is 0 Å². The predicted molar refractivity (Wildman–Crippen MR) is 77.6 cm³/mol. The summed E-state index contributed by atoms with van der Waals surface area (Å²) in [5.74, 6) is 2.76. The molecule has 5 heteroatoms. The van der Waals surface area contributed by atoms with Gasteiger partial charge in [0.15, 0.2) is 11.5 Å². The van der Waals surface area contributed by atoms with E-state index >= 15 is 0 Å². The first-order valence-corrected chi connectivity index (χ1v) is 7.18. The van der Waals surface area contributed by atoms with Crippen LogP contribution in [-0.2, 0) is 0 Å². The van der Waals surface area contributed by atoms with Gasteiger partial charge in [0.1, 0.15) is 5.82 Å². The average molecular weight is 259 g/mol. The molecule has 0 aliphatic heterocycles. The van der Waals surface area contributed by atoms with E-state index in [1.54, 1.807) is 0 Å². The topological polar surface area (TPSA) is 54.2 Å². The Kier molecular flexibility index (Phi) is 3.53. The summed E-state index contributed by atoms with van der Waals surface area (Å²) in [6.07, 6.45) is 11.1. The van der Waals surface area contributed by atoms with Gasteiger partial charge in [-0.25, -0.2) is 9.97 Å². The summed E-state index contributed by atoms with van der Waals surface area (Å²) >= 11 is 0. The zero-order chi connectivity index (χ0) is 13.1. The largest absolute Gasteiger partial charge is 0.369 e. The molecule has 2 aromatic rings. The minimum atomic E-state index is 0.869. The fourth-order valence-electron chi connectivity index (χ4n) is 2.32. The van der Waals surface area contributed by atoms with E-state index in [2.05, 4.69) is 27.5 Å². The van der Waals surface area contributed by atoms with Crippen LogP contribution in [-0.4, -0.2) is 27.5 Å². The van der Waals surface area contributed by atoms with Crippen molar-refractivity contribution in [2.45, 2.75) is 32.6 Å². The van der Waals surface area contributed by atoms with Gasteiger partial charge in [0.25, 0.3) is 0 Å². The van der Waals surface area contributed by atoms with Crippen LogP contribution < -0.4 is 10.6 Å². The fraction of sp³-hybridized carbons (Fsp3) is 0.571. The number of nitrogens with one attached hydrogen (secondary N) is 2. The summed E-state index contributed by atoms with van der Waals surface area (Å²) < 4.78 is 2.01. The number of hydrogen-bond acceptors (Lipinski definition) is 4. The maximum Gasteiger partial charge on any atom is 0.180 e. The van der Waals surface area contributed by atoms with Crippen LogP contribution in [0.3, 0.4) is 0 Å². The molecule has 19 heavy (non-hydrogen) atoms. The highest BCUT2D eigenvalue weighted by atomic mass is 15.1. The number of imidazole rings is 1. The third kappa shape index (κ3) is 2.97. The van der Waals surface area contributed by atoms with Crippen molar-refractivity contribution in [1.82, 2.24) is 14.4 Å². The Hall–Kier alpha value is -1.78. The standard InChI is InChI=1S/C14H21N5/c1-2-15-12-10-19-9-8-17-14(19)13(18-12)16-7-3-4-11-5-6-11/h8-11,15H,2-7H2,1H3,(H,16,18). The van der Waals surface area contributed by atoms with Crippen molar-refractivity contribution >= 4 is 17.3 Å². The molecule has 1 aliphatic rings. The van der Waals surface area contributed by atoms with Gasteiger partial charge in [0.05, 0.1) is 6.20 Å². The van der Waals surface area contributed by atoms with Crippen molar-refractivity contribution in [2.75, 3.05) is 23.7 Å². The molecule has 0 saturated heterocycles. The van der Waals surface area contributed by atoms with E-state index < -0.39 is 0 Å². The summed E-state index contributed by atoms with van der Waals surface area (Å²) in [6, 6.07) is 0. The molecule has 2 aromatic heterocycles. The minimum absolute atomic E-state index is 0.869. The number of rotatable bonds is 7. The molecule has 5 nitrogen and oxygen atoms in total. The highest BCUT2D eigenvalue weighted by Gasteiger charge is 2.20. The van der Waals surface area contributed by atoms with Gasteiger partial charge in [-0.2, -0.15) is 0 Å². The lowest BCUT2D eigenvalue weighted by atomic mass is 10.2. The molecule has 0 bridgehead atoms. The van der Waals surface area contributed by atoms with Gasteiger partial charge in [-0.3, -0.25) is 0 Å². The molecular formula is C14H21N5. The monoisotopic (exact) mass is 259 g/mol. The van der Waals surface area contributed by atoms with E-state index in [4.69, 9.17) is 0 Å². The van der Waals surface area contributed by atoms with E-state index in [9.17, 15) is 0 Å². The summed E-state index contributed by atoms with van der Waals surface area (Å²) in [7, 11) is 0. The zero-order valence-electron chi connectivity index (χ0n) is 11.4. The Morgan fingerprint density at radius 1 is 1.37 bits per heavy atom. The van der Waals surface area contributed by atoms with Crippen LogP contribution in [0.4, 0.5) is 11.6 Å². The molecule has 0 spiro atoms. The molecule has 0 unspecified atom stereocenters. The van der Waals surface area contributed by atoms with Gasteiger partial charge in [-0.15, -0.1) is 0 Å². The van der Waals surface area contributed by atoms with Gasteiger partial charge < -0.3 is 15.0 Å². The first-order chi connectivity index (χ1) is 9.36. The minimum Gasteiger partial charge on any atom is -0.369 e. The molecule has 0 atom stereocenters. The quantitative estimate of drug-likeness (QED) is 0.751. The normalized spacial score (nSPS) is 14.8. The SMILES string of the molecule is CCNc1cn2ccnc2c(NCCCC2CC2)n1. The molecule has 2 N–H and O–H groups in total. The third-order valence-corrected chi connectivity index (χ3v) is 3.51. The Bertz CT molecular complexity index is 544. The van der Waals surface area contributed by atoms with Crippen LogP contribution >= 0.6 is 0 Å². The van der Waals surface area contributed by atoms with Crippen LogP contribution in [0.5, 0.6) is 0 Å². The van der Waals surface area contributed by atoms with Crippen LogP contribution in [0.15, 0.2) is 18.6 Å². The first kappa shape index (κ1) is 12.3. The Labute approximate surface area is 113 Å². The number of anilines is 2. The summed E-state index contributed by atoms with van der Waals surface area (Å²) in [4.78, 5) is 8.95. The van der Waals surface area contributed by atoms with Crippen molar-refractivity contribution in [3.05, 3.63) is 18.6 Å². The highest BCUT2D eigenvalue weighted by molar-refractivity contribution is 5.65. The zero-order valence-corrected chi connectivity index (χ0v) is 11.4. The van der Waals surface area contributed by atoms with Gasteiger partial charge in [0, 0.05) is 25.5 Å². The second-order valence-corrected chi connectivity index (χ2v) is 5.18. The number of hydrogen-bond donors (Lipinski definition) is 2. The smallest absolute Gasteiger partial charge is 0.180 e. The average Bonchev–Trinajstić information content (AvgIpc) is 3.11. The lowest BCUT2D eigenvalue weighted by Crippen LogP contribution is -2.08. The summed E-state index contributed by atoms with van der Waals surface area (Å²) in [5, 5.41) is 6.67. The molecule has 0 radical (unpaired) electrons. The molecule has 1 fully saturated rings. The van der Waals surface area contributed by atoms with Crippen LogP contribution in [0, 0.1) is 5.92 Å². The Morgan fingerprint density at radius 3 is 3.05 bits per heavy atom. The van der Waals surface area contributed by atoms with Crippen molar-refractivity contribution in [2.24, 2.45) is 5.92 Å². The van der Waals surface area contributed by atoms with Gasteiger partial charge in [-0.05, 0) is 25.7 Å². The maximum absolute atomic E-state index is 4.59. The molecule has 0 amide bonds. The Balaban J connectivity index is 1.69. The van der Waals surface area contributed by atoms with Gasteiger partial charge in [-0.1, -0.05) is 12.8 Å². The van der Waals surface area contributed by atoms with E-state index in [0.717, 1.165) is 36.3 Å². The molecular weight excluding hydrogens is 238 g/mol. The molecule has 3 rings (SSSR count). The summed E-state index contributed by atoms with van der Waals surface area (Å²) in [6.45, 7) is 3.92. The summed E-state index contributed by atoms with van der Waals surface area (Å²) in [5.41, 5.74) is 0.896. The number of nitrogens with zero attached hydrogens (tertiary/aromatic N) is 3. The Morgan fingerprint density at radius 2 is 2.26 bits per heavy atom. The van der Waals surface area contributed by atoms with Crippen LogP contribution in [0.2, 0.25) is 0 Å². The van der Waals surface area contributed by atoms with E-state index in [0.29, 0.717) is 0 Å². The molecule has 1 aliphatic carbocycles. The molecule has 1 saturated carbocycles. The second kappa shape index (κ2) is 5.47. The molecule has 0 aromatic carbocycles. The van der Waals surface area contributed by atoms with Gasteiger partial charge >= 0.3 is 0 Å². The third-order valence-electron chi connectivity index (χ3n) is 3.51. The van der Waals surface area contributed by atoms with Crippen molar-refractivity contribution in [1.29, 1.82) is 0 Å². The van der Waals surface area contributed by atoms with E-state index in [1.165, 1.54) is 25.7 Å². The van der Waals surface area contributed by atoms with Crippen molar-refractivity contribution in [3.8, 4) is 0 Å². The van der Waals surface area contributed by atoms with Crippen LogP contribution in [0.1, 0.15) is 32.6 Å². The first-order valence-electron chi connectivity index (χ1n) is 7.18. The maximum atomic E-state index is 4.59. The van der Waals surface area contributed by atoms with E-state index in [1.807, 2.05) is 23.0 Å². The van der Waals surface area contributed by atoms with Crippen molar-refractivity contribution in [3.63, 3.8) is 0 Å². The molecule has 102 valence electrons. The lowest BCUT2D eigenvalue weighted by molar-refractivity contribution is 0.686.